The highest BCUT2D eigenvalue weighted by Gasteiger charge is 2.06. The summed E-state index contributed by atoms with van der Waals surface area (Å²) in [5.74, 6) is 0. The minimum atomic E-state index is 0.537. The molecule has 0 saturated carbocycles. The van der Waals surface area contributed by atoms with Crippen LogP contribution in [0, 0.1) is 6.92 Å². The lowest BCUT2D eigenvalue weighted by Gasteiger charge is -2.05. The van der Waals surface area contributed by atoms with E-state index in [4.69, 9.17) is 0 Å². The van der Waals surface area contributed by atoms with E-state index >= 15 is 0 Å². The molecule has 0 saturated heterocycles. The summed E-state index contributed by atoms with van der Waals surface area (Å²) in [6.45, 7) is 8.42. The van der Waals surface area contributed by atoms with Gasteiger partial charge in [-0.3, -0.25) is 0 Å². The molecule has 2 aromatic heterocycles. The van der Waals surface area contributed by atoms with Gasteiger partial charge in [-0.25, -0.2) is 4.98 Å². The third-order valence-electron chi connectivity index (χ3n) is 2.67. The fourth-order valence-electron chi connectivity index (χ4n) is 1.71. The zero-order chi connectivity index (χ0) is 12.3. The highest BCUT2D eigenvalue weighted by Crippen LogP contribution is 2.22. The van der Waals surface area contributed by atoms with Gasteiger partial charge in [0.2, 0.25) is 0 Å². The van der Waals surface area contributed by atoms with Gasteiger partial charge in [0.05, 0.1) is 6.33 Å². The van der Waals surface area contributed by atoms with Gasteiger partial charge in [-0.1, -0.05) is 13.8 Å². The minimum absolute atomic E-state index is 0.537. The standard InChI is InChI=1S/C13H19N3S/c1-10(2)15-7-13-6-12(11(3)17-13)8-16-5-4-14-9-16/h4-6,9-10,15H,7-8H2,1-3H3. The first-order valence-electron chi connectivity index (χ1n) is 5.92. The van der Waals surface area contributed by atoms with Crippen molar-refractivity contribution < 1.29 is 0 Å². The van der Waals surface area contributed by atoms with Crippen molar-refractivity contribution in [1.82, 2.24) is 14.9 Å². The molecule has 3 nitrogen and oxygen atoms in total. The Hall–Kier alpha value is -1.13. The van der Waals surface area contributed by atoms with Crippen molar-refractivity contribution in [3.05, 3.63) is 40.1 Å². The predicted molar refractivity (Wildman–Crippen MR) is 72.4 cm³/mol. The lowest BCUT2D eigenvalue weighted by Crippen LogP contribution is -2.21. The van der Waals surface area contributed by atoms with Gasteiger partial charge in [0.1, 0.15) is 0 Å². The van der Waals surface area contributed by atoms with Crippen LogP contribution in [0.1, 0.15) is 29.2 Å². The van der Waals surface area contributed by atoms with Crippen LogP contribution in [0.4, 0.5) is 0 Å². The molecule has 2 rings (SSSR count). The number of aromatic nitrogens is 2. The summed E-state index contributed by atoms with van der Waals surface area (Å²) in [7, 11) is 0. The van der Waals surface area contributed by atoms with Crippen LogP contribution >= 0.6 is 11.3 Å². The zero-order valence-corrected chi connectivity index (χ0v) is 11.4. The van der Waals surface area contributed by atoms with Crippen LogP contribution < -0.4 is 5.32 Å². The van der Waals surface area contributed by atoms with E-state index in [1.807, 2.05) is 30.1 Å². The summed E-state index contributed by atoms with van der Waals surface area (Å²) in [5.41, 5.74) is 1.40. The van der Waals surface area contributed by atoms with E-state index < -0.39 is 0 Å². The first-order valence-corrected chi connectivity index (χ1v) is 6.74. The molecule has 0 radical (unpaired) electrons. The molecule has 2 aromatic rings. The Labute approximate surface area is 107 Å². The largest absolute Gasteiger partial charge is 0.333 e. The molecule has 0 bridgehead atoms. The maximum atomic E-state index is 4.07. The Morgan fingerprint density at radius 3 is 2.94 bits per heavy atom. The average molecular weight is 249 g/mol. The summed E-state index contributed by atoms with van der Waals surface area (Å²) < 4.78 is 2.11. The molecule has 92 valence electrons. The third kappa shape index (κ3) is 3.41. The first kappa shape index (κ1) is 12.3. The Morgan fingerprint density at radius 2 is 2.29 bits per heavy atom. The van der Waals surface area contributed by atoms with E-state index in [9.17, 15) is 0 Å². The van der Waals surface area contributed by atoms with Crippen molar-refractivity contribution >= 4 is 11.3 Å². The Kier molecular flexibility index (Phi) is 3.97. The molecule has 0 amide bonds. The zero-order valence-electron chi connectivity index (χ0n) is 10.6. The van der Waals surface area contributed by atoms with Crippen LogP contribution in [-0.4, -0.2) is 15.6 Å². The number of hydrogen-bond acceptors (Lipinski definition) is 3. The fourth-order valence-corrected chi connectivity index (χ4v) is 2.72. The molecule has 17 heavy (non-hydrogen) atoms. The van der Waals surface area contributed by atoms with Gasteiger partial charge in [-0.05, 0) is 18.6 Å². The molecule has 0 fully saturated rings. The monoisotopic (exact) mass is 249 g/mol. The van der Waals surface area contributed by atoms with E-state index in [-0.39, 0.29) is 0 Å². The van der Waals surface area contributed by atoms with Crippen molar-refractivity contribution in [3.63, 3.8) is 0 Å². The maximum absolute atomic E-state index is 4.07. The number of nitrogens with zero attached hydrogens (tertiary/aromatic N) is 2. The van der Waals surface area contributed by atoms with Gasteiger partial charge in [-0.2, -0.15) is 0 Å². The minimum Gasteiger partial charge on any atom is -0.333 e. The molecular weight excluding hydrogens is 230 g/mol. The Morgan fingerprint density at radius 1 is 1.47 bits per heavy atom. The quantitative estimate of drug-likeness (QED) is 0.883. The highest BCUT2D eigenvalue weighted by molar-refractivity contribution is 7.12. The Balaban J connectivity index is 2.03. The number of thiophene rings is 1. The number of rotatable bonds is 5. The predicted octanol–water partition coefficient (Wildman–Crippen LogP) is 2.80. The van der Waals surface area contributed by atoms with Gasteiger partial charge >= 0.3 is 0 Å². The summed E-state index contributed by atoms with van der Waals surface area (Å²) in [6, 6.07) is 2.84. The number of aryl methyl sites for hydroxylation is 1. The molecule has 2 heterocycles. The smallest absolute Gasteiger partial charge is 0.0949 e. The van der Waals surface area contributed by atoms with Gasteiger partial charge in [0, 0.05) is 41.3 Å². The third-order valence-corrected chi connectivity index (χ3v) is 3.76. The van der Waals surface area contributed by atoms with Gasteiger partial charge in [0.25, 0.3) is 0 Å². The topological polar surface area (TPSA) is 29.9 Å². The summed E-state index contributed by atoms with van der Waals surface area (Å²) in [4.78, 5) is 6.88. The summed E-state index contributed by atoms with van der Waals surface area (Å²) >= 11 is 1.88. The fraction of sp³-hybridized carbons (Fsp3) is 0.462. The molecule has 0 spiro atoms. The lowest BCUT2D eigenvalue weighted by atomic mass is 10.2. The van der Waals surface area contributed by atoms with Crippen LogP contribution in [0.2, 0.25) is 0 Å². The molecule has 0 aliphatic rings. The van der Waals surface area contributed by atoms with Crippen LogP contribution in [-0.2, 0) is 13.1 Å². The van der Waals surface area contributed by atoms with Gasteiger partial charge < -0.3 is 9.88 Å². The van der Waals surface area contributed by atoms with Crippen LogP contribution in [0.25, 0.3) is 0 Å². The second kappa shape index (κ2) is 5.47. The second-order valence-electron chi connectivity index (χ2n) is 4.56. The molecule has 1 N–H and O–H groups in total. The average Bonchev–Trinajstić information content (AvgIpc) is 2.87. The van der Waals surface area contributed by atoms with E-state index in [0.29, 0.717) is 6.04 Å². The summed E-state index contributed by atoms with van der Waals surface area (Å²) in [6.07, 6.45) is 5.69. The van der Waals surface area contributed by atoms with E-state index in [1.165, 1.54) is 15.3 Å². The summed E-state index contributed by atoms with van der Waals surface area (Å²) in [5, 5.41) is 3.45. The SMILES string of the molecule is Cc1sc(CNC(C)C)cc1Cn1ccnc1. The normalized spacial score (nSPS) is 11.3. The molecule has 0 aromatic carbocycles. The van der Waals surface area contributed by atoms with Crippen molar-refractivity contribution in [1.29, 1.82) is 0 Å². The highest BCUT2D eigenvalue weighted by atomic mass is 32.1. The Bertz CT molecular complexity index is 457. The van der Waals surface area contributed by atoms with Gasteiger partial charge in [-0.15, -0.1) is 11.3 Å². The molecule has 0 aliphatic carbocycles. The van der Waals surface area contributed by atoms with Crippen molar-refractivity contribution in [2.24, 2.45) is 0 Å². The van der Waals surface area contributed by atoms with Gasteiger partial charge in [0.15, 0.2) is 0 Å². The van der Waals surface area contributed by atoms with Crippen LogP contribution in [0.15, 0.2) is 24.8 Å². The lowest BCUT2D eigenvalue weighted by molar-refractivity contribution is 0.593. The number of nitrogens with one attached hydrogen (secondary N) is 1. The van der Waals surface area contributed by atoms with E-state index in [0.717, 1.165) is 13.1 Å². The second-order valence-corrected chi connectivity index (χ2v) is 5.91. The van der Waals surface area contributed by atoms with E-state index in [2.05, 4.69) is 41.7 Å². The number of hydrogen-bond donors (Lipinski definition) is 1. The maximum Gasteiger partial charge on any atom is 0.0949 e. The molecule has 0 unspecified atom stereocenters. The molecule has 4 heteroatoms. The molecular formula is C13H19N3S. The van der Waals surface area contributed by atoms with Crippen molar-refractivity contribution in [3.8, 4) is 0 Å². The van der Waals surface area contributed by atoms with Crippen LogP contribution in [0.5, 0.6) is 0 Å². The van der Waals surface area contributed by atoms with E-state index in [1.54, 1.807) is 0 Å². The van der Waals surface area contributed by atoms with Crippen molar-refractivity contribution in [2.75, 3.05) is 0 Å². The molecule has 0 atom stereocenters. The number of imidazole rings is 1. The molecule has 0 aliphatic heterocycles. The van der Waals surface area contributed by atoms with Crippen molar-refractivity contribution in [2.45, 2.75) is 39.9 Å². The first-order chi connectivity index (χ1) is 8.15. The van der Waals surface area contributed by atoms with Crippen LogP contribution in [0.3, 0.4) is 0 Å².